The molecule has 0 aliphatic carbocycles. The summed E-state index contributed by atoms with van der Waals surface area (Å²) in [6.07, 6.45) is 6.00. The smallest absolute Gasteiger partial charge is 0.330 e. The van der Waals surface area contributed by atoms with Crippen LogP contribution in [-0.2, 0) is 56.9 Å². The van der Waals surface area contributed by atoms with Crippen molar-refractivity contribution in [2.45, 2.75) is 32.6 Å². The summed E-state index contributed by atoms with van der Waals surface area (Å²) in [6.45, 7) is 16.2. The van der Waals surface area contributed by atoms with Crippen molar-refractivity contribution < 1.29 is 56.9 Å². The van der Waals surface area contributed by atoms with Gasteiger partial charge >= 0.3 is 5.97 Å². The molecule has 0 N–H and O–H groups in total. The highest BCUT2D eigenvalue weighted by molar-refractivity contribution is 5.81. The van der Waals surface area contributed by atoms with Crippen LogP contribution in [0.2, 0.25) is 0 Å². The van der Waals surface area contributed by atoms with E-state index in [1.54, 1.807) is 0 Å². The van der Waals surface area contributed by atoms with Gasteiger partial charge in [-0.05, 0) is 6.42 Å². The van der Waals surface area contributed by atoms with Crippen LogP contribution in [0.4, 0.5) is 0 Å². The fourth-order valence-corrected chi connectivity index (χ4v) is 2.97. The molecule has 12 nitrogen and oxygen atoms in total. The molecule has 0 aliphatic heterocycles. The van der Waals surface area contributed by atoms with Crippen LogP contribution in [0.5, 0.6) is 0 Å². The summed E-state index contributed by atoms with van der Waals surface area (Å²) in [5, 5.41) is 0. The molecule has 41 heavy (non-hydrogen) atoms. The normalized spacial score (nSPS) is 11.2. The van der Waals surface area contributed by atoms with Gasteiger partial charge in [-0.25, -0.2) is 4.79 Å². The van der Waals surface area contributed by atoms with Gasteiger partial charge in [0.2, 0.25) is 0 Å². The predicted molar refractivity (Wildman–Crippen MR) is 153 cm³/mol. The maximum absolute atomic E-state index is 10.8. The highest BCUT2D eigenvalue weighted by Crippen LogP contribution is 1.98. The lowest BCUT2D eigenvalue weighted by Gasteiger charge is -2.09. The molecule has 12 heteroatoms. The second-order valence-electron chi connectivity index (χ2n) is 8.56. The SMILES string of the molecule is C=CC(=O)OCCOCCOCCOCCOCCOCCOCCOCCOCCOCCOCCCCCC. The van der Waals surface area contributed by atoms with Crippen LogP contribution in [0.3, 0.4) is 0 Å². The number of hydrogen-bond acceptors (Lipinski definition) is 12. The van der Waals surface area contributed by atoms with Crippen LogP contribution in [0.1, 0.15) is 32.6 Å². The average Bonchev–Trinajstić information content (AvgIpc) is 2.99. The topological polar surface area (TPSA) is 119 Å². The summed E-state index contributed by atoms with van der Waals surface area (Å²) in [5.74, 6) is -0.456. The summed E-state index contributed by atoms with van der Waals surface area (Å²) >= 11 is 0. The Labute approximate surface area is 247 Å². The Kier molecular flexibility index (Phi) is 35.8. The molecule has 0 atom stereocenters. The van der Waals surface area contributed by atoms with E-state index in [0.29, 0.717) is 126 Å². The molecular weight excluding hydrogens is 540 g/mol. The second-order valence-corrected chi connectivity index (χ2v) is 8.56. The maximum Gasteiger partial charge on any atom is 0.330 e. The van der Waals surface area contributed by atoms with Gasteiger partial charge in [-0.3, -0.25) is 0 Å². The fourth-order valence-electron chi connectivity index (χ4n) is 2.97. The molecule has 0 bridgehead atoms. The van der Waals surface area contributed by atoms with Gasteiger partial charge in [0.15, 0.2) is 0 Å². The van der Waals surface area contributed by atoms with Crippen molar-refractivity contribution in [3.63, 3.8) is 0 Å². The van der Waals surface area contributed by atoms with Crippen molar-refractivity contribution in [2.75, 3.05) is 139 Å². The van der Waals surface area contributed by atoms with Gasteiger partial charge in [-0.1, -0.05) is 32.8 Å². The molecule has 0 heterocycles. The Balaban J connectivity index is 3.04. The maximum atomic E-state index is 10.8. The van der Waals surface area contributed by atoms with E-state index in [1.807, 2.05) is 0 Å². The Hall–Kier alpha value is -1.19. The van der Waals surface area contributed by atoms with Gasteiger partial charge in [0, 0.05) is 12.7 Å². The number of carbonyl (C=O) groups is 1. The number of unbranched alkanes of at least 4 members (excludes halogenated alkanes) is 3. The van der Waals surface area contributed by atoms with E-state index in [1.165, 1.54) is 19.3 Å². The summed E-state index contributed by atoms with van der Waals surface area (Å²) < 4.78 is 59.1. The molecule has 0 aromatic carbocycles. The predicted octanol–water partition coefficient (Wildman–Crippen LogP) is 2.46. The third-order valence-electron chi connectivity index (χ3n) is 5.13. The summed E-state index contributed by atoms with van der Waals surface area (Å²) in [7, 11) is 0. The van der Waals surface area contributed by atoms with Crippen molar-refractivity contribution in [3.8, 4) is 0 Å². The van der Waals surface area contributed by atoms with Gasteiger partial charge in [0.1, 0.15) is 6.61 Å². The van der Waals surface area contributed by atoms with E-state index < -0.39 is 5.97 Å². The quantitative estimate of drug-likeness (QED) is 0.0601. The molecule has 0 radical (unpaired) electrons. The molecule has 0 amide bonds. The summed E-state index contributed by atoms with van der Waals surface area (Å²) in [6, 6.07) is 0. The van der Waals surface area contributed by atoms with Crippen LogP contribution in [0, 0.1) is 0 Å². The van der Waals surface area contributed by atoms with Crippen LogP contribution < -0.4 is 0 Å². The Bertz CT molecular complexity index is 524. The molecule has 0 aromatic rings. The first kappa shape index (κ1) is 39.8. The minimum atomic E-state index is -0.456. The monoisotopic (exact) mass is 596 g/mol. The molecule has 0 spiro atoms. The third kappa shape index (κ3) is 36.8. The van der Waals surface area contributed by atoms with E-state index in [2.05, 4.69) is 13.5 Å². The summed E-state index contributed by atoms with van der Waals surface area (Å²) in [5.41, 5.74) is 0. The highest BCUT2D eigenvalue weighted by Gasteiger charge is 1.97. The van der Waals surface area contributed by atoms with Gasteiger partial charge < -0.3 is 52.1 Å². The van der Waals surface area contributed by atoms with Crippen molar-refractivity contribution in [3.05, 3.63) is 12.7 Å². The average molecular weight is 597 g/mol. The van der Waals surface area contributed by atoms with E-state index >= 15 is 0 Å². The van der Waals surface area contributed by atoms with E-state index in [0.717, 1.165) is 19.1 Å². The molecule has 0 fully saturated rings. The molecule has 0 unspecified atom stereocenters. The molecule has 0 aliphatic rings. The van der Waals surface area contributed by atoms with Crippen LogP contribution in [0.15, 0.2) is 12.7 Å². The number of ether oxygens (including phenoxy) is 11. The minimum Gasteiger partial charge on any atom is -0.460 e. The van der Waals surface area contributed by atoms with Gasteiger partial charge in [0.25, 0.3) is 0 Å². The number of carbonyl (C=O) groups excluding carboxylic acids is 1. The number of esters is 1. The van der Waals surface area contributed by atoms with Crippen molar-refractivity contribution in [1.82, 2.24) is 0 Å². The third-order valence-corrected chi connectivity index (χ3v) is 5.13. The Morgan fingerprint density at radius 2 is 0.683 bits per heavy atom. The molecule has 0 aromatic heterocycles. The lowest BCUT2D eigenvalue weighted by molar-refractivity contribution is -0.139. The number of rotatable bonds is 36. The van der Waals surface area contributed by atoms with Crippen molar-refractivity contribution in [2.24, 2.45) is 0 Å². The highest BCUT2D eigenvalue weighted by atomic mass is 16.6. The van der Waals surface area contributed by atoms with Crippen molar-refractivity contribution >= 4 is 5.97 Å². The Morgan fingerprint density at radius 3 is 0.951 bits per heavy atom. The van der Waals surface area contributed by atoms with E-state index in [9.17, 15) is 4.79 Å². The first-order valence-corrected chi connectivity index (χ1v) is 14.9. The first-order valence-electron chi connectivity index (χ1n) is 14.9. The number of hydrogen-bond donors (Lipinski definition) is 0. The zero-order chi connectivity index (χ0) is 29.7. The molecule has 0 saturated carbocycles. The van der Waals surface area contributed by atoms with Crippen LogP contribution >= 0.6 is 0 Å². The van der Waals surface area contributed by atoms with Crippen LogP contribution in [-0.4, -0.2) is 145 Å². The molecule has 0 saturated heterocycles. The largest absolute Gasteiger partial charge is 0.460 e. The molecular formula is C29H56O12. The van der Waals surface area contributed by atoms with Crippen LogP contribution in [0.25, 0.3) is 0 Å². The van der Waals surface area contributed by atoms with Gasteiger partial charge in [-0.15, -0.1) is 0 Å². The van der Waals surface area contributed by atoms with Gasteiger partial charge in [0.05, 0.1) is 126 Å². The standard InChI is InChI=1S/C29H56O12/c1-3-5-6-7-8-31-9-10-32-11-12-33-13-14-34-15-16-35-17-18-36-19-20-37-21-22-38-23-24-39-25-26-40-27-28-41-29(30)4-2/h4H,2-3,5-28H2,1H3. The zero-order valence-electron chi connectivity index (χ0n) is 25.4. The first-order chi connectivity index (χ1) is 20.3. The van der Waals surface area contributed by atoms with Crippen molar-refractivity contribution in [1.29, 1.82) is 0 Å². The summed E-state index contributed by atoms with van der Waals surface area (Å²) in [4.78, 5) is 10.8. The zero-order valence-corrected chi connectivity index (χ0v) is 25.4. The van der Waals surface area contributed by atoms with E-state index in [4.69, 9.17) is 52.1 Å². The van der Waals surface area contributed by atoms with E-state index in [-0.39, 0.29) is 6.61 Å². The van der Waals surface area contributed by atoms with Gasteiger partial charge in [-0.2, -0.15) is 0 Å². The fraction of sp³-hybridized carbons (Fsp3) is 0.897. The molecule has 0 rings (SSSR count). The Morgan fingerprint density at radius 1 is 0.415 bits per heavy atom. The lowest BCUT2D eigenvalue weighted by atomic mass is 10.2. The lowest BCUT2D eigenvalue weighted by Crippen LogP contribution is -2.15. The second kappa shape index (κ2) is 36.8. The molecule has 244 valence electrons. The minimum absolute atomic E-state index is 0.202.